The third-order valence-electron chi connectivity index (χ3n) is 3.15. The van der Waals surface area contributed by atoms with Gasteiger partial charge in [-0.1, -0.05) is 5.16 Å². The first-order chi connectivity index (χ1) is 9.58. The molecule has 1 aliphatic rings. The van der Waals surface area contributed by atoms with Crippen molar-refractivity contribution in [2.45, 2.75) is 6.04 Å². The fourth-order valence-corrected chi connectivity index (χ4v) is 2.15. The maximum Gasteiger partial charge on any atom is 0.170 e. The lowest BCUT2D eigenvalue weighted by Gasteiger charge is -2.36. The van der Waals surface area contributed by atoms with Crippen molar-refractivity contribution in [3.8, 4) is 0 Å². The number of anilines is 1. The summed E-state index contributed by atoms with van der Waals surface area (Å²) in [6, 6.07) is 1.46. The molecule has 0 amide bonds. The Morgan fingerprint density at radius 3 is 2.65 bits per heavy atom. The molecule has 0 radical (unpaired) electrons. The summed E-state index contributed by atoms with van der Waals surface area (Å²) in [6.07, 6.45) is 0. The Morgan fingerprint density at radius 1 is 1.45 bits per heavy atom. The van der Waals surface area contributed by atoms with Crippen LogP contribution in [0.5, 0.6) is 0 Å². The molecule has 4 N–H and O–H groups in total. The number of hydrogen-bond donors (Lipinski definition) is 3. The van der Waals surface area contributed by atoms with Crippen molar-refractivity contribution in [2.24, 2.45) is 10.9 Å². The van der Waals surface area contributed by atoms with Crippen LogP contribution in [0.2, 0.25) is 0 Å². The molecular formula is C12H15F2N3O3. The number of oxime groups is 1. The van der Waals surface area contributed by atoms with Crippen molar-refractivity contribution in [2.75, 3.05) is 31.3 Å². The lowest BCUT2D eigenvalue weighted by atomic mass is 10.1. The number of halogens is 2. The topological polar surface area (TPSA) is 91.3 Å². The Bertz CT molecular complexity index is 502. The molecule has 1 heterocycles. The van der Waals surface area contributed by atoms with Gasteiger partial charge in [0.05, 0.1) is 25.9 Å². The Kier molecular flexibility index (Phi) is 4.35. The summed E-state index contributed by atoms with van der Waals surface area (Å²) in [7, 11) is 0. The van der Waals surface area contributed by atoms with Gasteiger partial charge < -0.3 is 25.7 Å². The summed E-state index contributed by atoms with van der Waals surface area (Å²) in [4.78, 5) is 1.42. The van der Waals surface area contributed by atoms with Crippen molar-refractivity contribution in [3.63, 3.8) is 0 Å². The quantitative estimate of drug-likeness (QED) is 0.321. The average molecular weight is 287 g/mol. The van der Waals surface area contributed by atoms with Gasteiger partial charge in [0.15, 0.2) is 5.84 Å². The first kappa shape index (κ1) is 14.5. The Morgan fingerprint density at radius 2 is 2.10 bits per heavy atom. The molecule has 1 saturated heterocycles. The molecule has 0 aliphatic carbocycles. The Hall–Kier alpha value is -1.93. The second-order valence-electron chi connectivity index (χ2n) is 4.38. The number of rotatable bonds is 3. The number of aliphatic hydroxyl groups is 1. The van der Waals surface area contributed by atoms with Crippen LogP contribution in [0.4, 0.5) is 14.5 Å². The highest BCUT2D eigenvalue weighted by molar-refractivity contribution is 5.97. The molecule has 6 nitrogen and oxygen atoms in total. The van der Waals surface area contributed by atoms with Gasteiger partial charge in [0.25, 0.3) is 0 Å². The molecule has 1 aliphatic heterocycles. The summed E-state index contributed by atoms with van der Waals surface area (Å²) < 4.78 is 33.4. The zero-order chi connectivity index (χ0) is 14.7. The Labute approximate surface area is 114 Å². The zero-order valence-electron chi connectivity index (χ0n) is 10.6. The van der Waals surface area contributed by atoms with Crippen LogP contribution in [-0.4, -0.2) is 48.6 Å². The number of amidine groups is 1. The number of nitrogens with zero attached hydrogens (tertiary/aromatic N) is 2. The SMILES string of the molecule is N/C(=N/O)c1cc(F)c(N2CCOCC2CO)c(F)c1. The van der Waals surface area contributed by atoms with E-state index in [1.807, 2.05) is 0 Å². The maximum absolute atomic E-state index is 14.1. The fraction of sp³-hybridized carbons (Fsp3) is 0.417. The van der Waals surface area contributed by atoms with E-state index in [0.717, 1.165) is 12.1 Å². The number of ether oxygens (including phenoxy) is 1. The van der Waals surface area contributed by atoms with E-state index in [9.17, 15) is 13.9 Å². The van der Waals surface area contributed by atoms with Crippen molar-refractivity contribution < 1.29 is 23.8 Å². The van der Waals surface area contributed by atoms with Gasteiger partial charge in [-0.25, -0.2) is 8.78 Å². The molecule has 110 valence electrons. The van der Waals surface area contributed by atoms with Gasteiger partial charge in [-0.15, -0.1) is 0 Å². The van der Waals surface area contributed by atoms with Gasteiger partial charge in [0, 0.05) is 12.1 Å². The standard InChI is InChI=1S/C12H15F2N3O3/c13-9-3-7(12(15)16-19)4-10(14)11(9)17-1-2-20-6-8(17)5-18/h3-4,8,18-19H,1-2,5-6H2,(H2,15,16). The van der Waals surface area contributed by atoms with E-state index in [1.54, 1.807) is 0 Å². The lowest BCUT2D eigenvalue weighted by Crippen LogP contribution is -2.48. The van der Waals surface area contributed by atoms with E-state index in [0.29, 0.717) is 6.61 Å². The minimum atomic E-state index is -0.841. The highest BCUT2D eigenvalue weighted by Crippen LogP contribution is 2.28. The van der Waals surface area contributed by atoms with Crippen LogP contribution in [0.25, 0.3) is 0 Å². The highest BCUT2D eigenvalue weighted by Gasteiger charge is 2.28. The minimum absolute atomic E-state index is 0.0555. The van der Waals surface area contributed by atoms with Gasteiger partial charge in [-0.3, -0.25) is 0 Å². The van der Waals surface area contributed by atoms with Gasteiger partial charge in [-0.2, -0.15) is 0 Å². The molecular weight excluding hydrogens is 272 g/mol. The molecule has 1 unspecified atom stereocenters. The summed E-state index contributed by atoms with van der Waals surface area (Å²) in [6.45, 7) is 0.498. The van der Waals surface area contributed by atoms with Crippen LogP contribution < -0.4 is 10.6 Å². The first-order valence-electron chi connectivity index (χ1n) is 6.00. The highest BCUT2D eigenvalue weighted by atomic mass is 19.1. The minimum Gasteiger partial charge on any atom is -0.409 e. The number of hydrogen-bond acceptors (Lipinski definition) is 5. The van der Waals surface area contributed by atoms with E-state index in [4.69, 9.17) is 15.7 Å². The predicted molar refractivity (Wildman–Crippen MR) is 67.9 cm³/mol. The molecule has 1 aromatic carbocycles. The zero-order valence-corrected chi connectivity index (χ0v) is 10.6. The molecule has 1 atom stereocenters. The molecule has 0 bridgehead atoms. The second kappa shape index (κ2) is 6.02. The van der Waals surface area contributed by atoms with Gasteiger partial charge in [0.2, 0.25) is 0 Å². The third-order valence-corrected chi connectivity index (χ3v) is 3.15. The predicted octanol–water partition coefficient (Wildman–Crippen LogP) is 0.257. The summed E-state index contributed by atoms with van der Waals surface area (Å²) in [5.41, 5.74) is 5.00. The molecule has 2 rings (SSSR count). The van der Waals surface area contributed by atoms with E-state index in [1.165, 1.54) is 4.90 Å². The maximum atomic E-state index is 14.1. The molecule has 0 aromatic heterocycles. The fourth-order valence-electron chi connectivity index (χ4n) is 2.15. The Balaban J connectivity index is 2.41. The first-order valence-corrected chi connectivity index (χ1v) is 6.00. The number of nitrogens with two attached hydrogens (primary N) is 1. The molecule has 1 fully saturated rings. The van der Waals surface area contributed by atoms with Crippen LogP contribution in [-0.2, 0) is 4.74 Å². The molecule has 1 aromatic rings. The van der Waals surface area contributed by atoms with Crippen LogP contribution in [0.1, 0.15) is 5.56 Å². The van der Waals surface area contributed by atoms with Crippen molar-refractivity contribution >= 4 is 11.5 Å². The third kappa shape index (κ3) is 2.66. The summed E-state index contributed by atoms with van der Waals surface area (Å²) >= 11 is 0. The summed E-state index contributed by atoms with van der Waals surface area (Å²) in [5.74, 6) is -2.06. The van der Waals surface area contributed by atoms with Gasteiger partial charge in [-0.05, 0) is 12.1 Å². The monoisotopic (exact) mass is 287 g/mol. The largest absolute Gasteiger partial charge is 0.409 e. The van der Waals surface area contributed by atoms with Crippen LogP contribution >= 0.6 is 0 Å². The van der Waals surface area contributed by atoms with E-state index in [-0.39, 0.29) is 36.8 Å². The van der Waals surface area contributed by atoms with Crippen LogP contribution in [0, 0.1) is 11.6 Å². The number of benzene rings is 1. The van der Waals surface area contributed by atoms with E-state index in [2.05, 4.69) is 5.16 Å². The molecule has 8 heteroatoms. The average Bonchev–Trinajstić information content (AvgIpc) is 2.46. The normalized spacial score (nSPS) is 20.2. The second-order valence-corrected chi connectivity index (χ2v) is 4.38. The van der Waals surface area contributed by atoms with Gasteiger partial charge >= 0.3 is 0 Å². The van der Waals surface area contributed by atoms with Gasteiger partial charge in [0.1, 0.15) is 17.3 Å². The number of aliphatic hydroxyl groups excluding tert-OH is 1. The smallest absolute Gasteiger partial charge is 0.170 e. The number of morpholine rings is 1. The van der Waals surface area contributed by atoms with E-state index >= 15 is 0 Å². The van der Waals surface area contributed by atoms with Crippen molar-refractivity contribution in [1.29, 1.82) is 0 Å². The van der Waals surface area contributed by atoms with Crippen molar-refractivity contribution in [3.05, 3.63) is 29.3 Å². The van der Waals surface area contributed by atoms with Crippen LogP contribution in [0.15, 0.2) is 17.3 Å². The lowest BCUT2D eigenvalue weighted by molar-refractivity contribution is 0.0720. The molecule has 0 saturated carbocycles. The van der Waals surface area contributed by atoms with E-state index < -0.39 is 17.7 Å². The van der Waals surface area contributed by atoms with Crippen molar-refractivity contribution in [1.82, 2.24) is 0 Å². The molecule has 0 spiro atoms. The molecule has 20 heavy (non-hydrogen) atoms. The van der Waals surface area contributed by atoms with Crippen LogP contribution in [0.3, 0.4) is 0 Å². The summed E-state index contributed by atoms with van der Waals surface area (Å²) in [5, 5.41) is 20.5.